The Kier molecular flexibility index (Phi) is 6.74. The van der Waals surface area contributed by atoms with Gasteiger partial charge >= 0.3 is 6.61 Å². The van der Waals surface area contributed by atoms with Gasteiger partial charge in [-0.1, -0.05) is 18.2 Å². The van der Waals surface area contributed by atoms with E-state index < -0.39 is 6.61 Å². The van der Waals surface area contributed by atoms with Crippen molar-refractivity contribution < 1.29 is 18.3 Å². The standard InChI is InChI=1S/C19H22F2N2O2/c1-3-23(17-7-5-4-6-14(17)2)13-12-22-18(24)15-8-10-16(11-9-15)25-19(20)21/h4-11,19H,3,12-13H2,1-2H3,(H,22,24). The summed E-state index contributed by atoms with van der Waals surface area (Å²) in [5.74, 6) is -0.215. The molecule has 0 heterocycles. The average Bonchev–Trinajstić information content (AvgIpc) is 2.59. The monoisotopic (exact) mass is 348 g/mol. The predicted octanol–water partition coefficient (Wildman–Crippen LogP) is 3.85. The van der Waals surface area contributed by atoms with Crippen LogP contribution in [0.4, 0.5) is 14.5 Å². The van der Waals surface area contributed by atoms with E-state index >= 15 is 0 Å². The summed E-state index contributed by atoms with van der Waals surface area (Å²) in [5, 5.41) is 2.84. The van der Waals surface area contributed by atoms with Gasteiger partial charge in [0, 0.05) is 30.9 Å². The third kappa shape index (κ3) is 5.45. The van der Waals surface area contributed by atoms with Crippen LogP contribution in [0.1, 0.15) is 22.8 Å². The zero-order chi connectivity index (χ0) is 18.2. The first-order chi connectivity index (χ1) is 12.0. The number of para-hydroxylation sites is 1. The highest BCUT2D eigenvalue weighted by Crippen LogP contribution is 2.18. The number of carbonyl (C=O) groups is 1. The normalized spacial score (nSPS) is 10.6. The molecule has 6 heteroatoms. The Labute approximate surface area is 146 Å². The van der Waals surface area contributed by atoms with E-state index in [-0.39, 0.29) is 11.7 Å². The molecule has 2 aromatic rings. The number of amides is 1. The molecule has 0 atom stereocenters. The van der Waals surface area contributed by atoms with Gasteiger partial charge in [-0.3, -0.25) is 4.79 Å². The topological polar surface area (TPSA) is 41.6 Å². The van der Waals surface area contributed by atoms with Crippen molar-refractivity contribution in [1.82, 2.24) is 5.32 Å². The lowest BCUT2D eigenvalue weighted by molar-refractivity contribution is -0.0498. The summed E-state index contributed by atoms with van der Waals surface area (Å²) in [4.78, 5) is 14.3. The summed E-state index contributed by atoms with van der Waals surface area (Å²) < 4.78 is 28.5. The van der Waals surface area contributed by atoms with E-state index in [1.165, 1.54) is 29.8 Å². The Balaban J connectivity index is 1.88. The smallest absolute Gasteiger partial charge is 0.387 e. The van der Waals surface area contributed by atoms with E-state index in [4.69, 9.17) is 0 Å². The molecule has 0 bridgehead atoms. The van der Waals surface area contributed by atoms with E-state index in [1.54, 1.807) is 0 Å². The molecule has 25 heavy (non-hydrogen) atoms. The molecular formula is C19H22F2N2O2. The number of aryl methyl sites for hydroxylation is 1. The van der Waals surface area contributed by atoms with Crippen molar-refractivity contribution in [1.29, 1.82) is 0 Å². The van der Waals surface area contributed by atoms with E-state index in [0.29, 0.717) is 18.7 Å². The molecule has 0 saturated heterocycles. The van der Waals surface area contributed by atoms with Gasteiger partial charge in [-0.15, -0.1) is 0 Å². The molecule has 4 nitrogen and oxygen atoms in total. The number of anilines is 1. The van der Waals surface area contributed by atoms with Crippen LogP contribution in [0.15, 0.2) is 48.5 Å². The quantitative estimate of drug-likeness (QED) is 0.788. The minimum absolute atomic E-state index is 0.0308. The van der Waals surface area contributed by atoms with Crippen LogP contribution in [0.25, 0.3) is 0 Å². The van der Waals surface area contributed by atoms with Crippen LogP contribution < -0.4 is 15.0 Å². The first-order valence-corrected chi connectivity index (χ1v) is 8.15. The van der Waals surface area contributed by atoms with E-state index in [2.05, 4.69) is 40.9 Å². The minimum atomic E-state index is -2.87. The number of hydrogen-bond donors (Lipinski definition) is 1. The van der Waals surface area contributed by atoms with Crippen molar-refractivity contribution in [2.24, 2.45) is 0 Å². The minimum Gasteiger partial charge on any atom is -0.435 e. The Morgan fingerprint density at radius 2 is 1.84 bits per heavy atom. The fourth-order valence-corrected chi connectivity index (χ4v) is 2.56. The van der Waals surface area contributed by atoms with Crippen LogP contribution in [0.5, 0.6) is 5.75 Å². The van der Waals surface area contributed by atoms with E-state index in [0.717, 1.165) is 12.2 Å². The predicted molar refractivity (Wildman–Crippen MR) is 94.5 cm³/mol. The molecular weight excluding hydrogens is 326 g/mol. The largest absolute Gasteiger partial charge is 0.435 e. The molecule has 0 radical (unpaired) electrons. The summed E-state index contributed by atoms with van der Waals surface area (Å²) in [6.07, 6.45) is 0. The maximum atomic E-state index is 12.1. The number of halogens is 2. The molecule has 2 rings (SSSR count). The van der Waals surface area contributed by atoms with Crippen LogP contribution in [-0.4, -0.2) is 32.2 Å². The second kappa shape index (κ2) is 9.01. The molecule has 0 aliphatic carbocycles. The first-order valence-electron chi connectivity index (χ1n) is 8.15. The number of rotatable bonds is 8. The lowest BCUT2D eigenvalue weighted by atomic mass is 10.2. The van der Waals surface area contributed by atoms with Gasteiger partial charge in [-0.2, -0.15) is 8.78 Å². The fraction of sp³-hybridized carbons (Fsp3) is 0.316. The molecule has 0 saturated carbocycles. The van der Waals surface area contributed by atoms with Gasteiger partial charge in [0.2, 0.25) is 0 Å². The van der Waals surface area contributed by atoms with Gasteiger partial charge in [0.25, 0.3) is 5.91 Å². The summed E-state index contributed by atoms with van der Waals surface area (Å²) in [6.45, 7) is 3.24. The van der Waals surface area contributed by atoms with Crippen molar-refractivity contribution in [3.8, 4) is 5.75 Å². The van der Waals surface area contributed by atoms with Crippen molar-refractivity contribution in [2.75, 3.05) is 24.5 Å². The van der Waals surface area contributed by atoms with E-state index in [1.807, 2.05) is 12.1 Å². The van der Waals surface area contributed by atoms with Crippen molar-refractivity contribution in [3.63, 3.8) is 0 Å². The molecule has 1 amide bonds. The Hall–Kier alpha value is -2.63. The molecule has 0 unspecified atom stereocenters. The fourth-order valence-electron chi connectivity index (χ4n) is 2.56. The molecule has 0 spiro atoms. The van der Waals surface area contributed by atoms with E-state index in [9.17, 15) is 13.6 Å². The summed E-state index contributed by atoms with van der Waals surface area (Å²) in [5.41, 5.74) is 2.73. The number of likely N-dealkylation sites (N-methyl/N-ethyl adjacent to an activating group) is 1. The average molecular weight is 348 g/mol. The maximum Gasteiger partial charge on any atom is 0.387 e. The molecule has 1 N–H and O–H groups in total. The van der Waals surface area contributed by atoms with Crippen LogP contribution in [-0.2, 0) is 0 Å². The van der Waals surface area contributed by atoms with Crippen LogP contribution in [0, 0.1) is 6.92 Å². The second-order valence-electron chi connectivity index (χ2n) is 5.52. The molecule has 0 aliphatic rings. The number of alkyl halides is 2. The molecule has 0 aliphatic heterocycles. The Bertz CT molecular complexity index is 690. The summed E-state index contributed by atoms with van der Waals surface area (Å²) in [7, 11) is 0. The number of benzene rings is 2. The van der Waals surface area contributed by atoms with Crippen molar-refractivity contribution >= 4 is 11.6 Å². The Morgan fingerprint density at radius 1 is 1.16 bits per heavy atom. The van der Waals surface area contributed by atoms with Crippen LogP contribution in [0.3, 0.4) is 0 Å². The van der Waals surface area contributed by atoms with Gasteiger partial charge in [0.05, 0.1) is 0 Å². The zero-order valence-corrected chi connectivity index (χ0v) is 14.3. The maximum absolute atomic E-state index is 12.1. The highest BCUT2D eigenvalue weighted by Gasteiger charge is 2.10. The molecule has 2 aromatic carbocycles. The second-order valence-corrected chi connectivity index (χ2v) is 5.52. The molecule has 0 fully saturated rings. The highest BCUT2D eigenvalue weighted by atomic mass is 19.3. The van der Waals surface area contributed by atoms with Crippen molar-refractivity contribution in [3.05, 3.63) is 59.7 Å². The zero-order valence-electron chi connectivity index (χ0n) is 14.3. The SMILES string of the molecule is CCN(CCNC(=O)c1ccc(OC(F)F)cc1)c1ccccc1C. The third-order valence-corrected chi connectivity index (χ3v) is 3.85. The first kappa shape index (κ1) is 18.7. The lowest BCUT2D eigenvalue weighted by Gasteiger charge is -2.25. The number of ether oxygens (including phenoxy) is 1. The van der Waals surface area contributed by atoms with Gasteiger partial charge in [0.15, 0.2) is 0 Å². The summed E-state index contributed by atoms with van der Waals surface area (Å²) in [6, 6.07) is 13.7. The van der Waals surface area contributed by atoms with Gasteiger partial charge in [-0.25, -0.2) is 0 Å². The molecule has 0 aromatic heterocycles. The van der Waals surface area contributed by atoms with Crippen LogP contribution in [0.2, 0.25) is 0 Å². The summed E-state index contributed by atoms with van der Waals surface area (Å²) >= 11 is 0. The number of nitrogens with zero attached hydrogens (tertiary/aromatic N) is 1. The van der Waals surface area contributed by atoms with Gasteiger partial charge < -0.3 is 15.0 Å². The number of carbonyl (C=O) groups excluding carboxylic acids is 1. The Morgan fingerprint density at radius 3 is 2.44 bits per heavy atom. The number of hydrogen-bond acceptors (Lipinski definition) is 3. The third-order valence-electron chi connectivity index (χ3n) is 3.85. The molecule has 134 valence electrons. The van der Waals surface area contributed by atoms with Gasteiger partial charge in [0.1, 0.15) is 5.75 Å². The number of nitrogens with one attached hydrogen (secondary N) is 1. The highest BCUT2D eigenvalue weighted by molar-refractivity contribution is 5.94. The van der Waals surface area contributed by atoms with Crippen molar-refractivity contribution in [2.45, 2.75) is 20.5 Å². The van der Waals surface area contributed by atoms with Gasteiger partial charge in [-0.05, 0) is 49.7 Å². The van der Waals surface area contributed by atoms with Crippen LogP contribution >= 0.6 is 0 Å². The lowest BCUT2D eigenvalue weighted by Crippen LogP contribution is -2.35.